The zero-order valence-corrected chi connectivity index (χ0v) is 12.5. The Morgan fingerprint density at radius 1 is 1.47 bits per heavy atom. The average molecular weight is 328 g/mol. The molecule has 0 bridgehead atoms. The molecule has 1 saturated carbocycles. The molecule has 5 heteroatoms. The van der Waals surface area contributed by atoms with Crippen LogP contribution in [-0.4, -0.2) is 13.2 Å². The SMILES string of the molecule is COc1c(C2(N=C=O)CCCC2)cc(Br)c(F)c1C. The van der Waals surface area contributed by atoms with E-state index in [9.17, 15) is 9.18 Å². The second-order valence-electron chi connectivity index (χ2n) is 4.82. The summed E-state index contributed by atoms with van der Waals surface area (Å²) in [7, 11) is 1.51. The first-order valence-corrected chi connectivity index (χ1v) is 6.97. The van der Waals surface area contributed by atoms with Crippen LogP contribution in [0, 0.1) is 12.7 Å². The van der Waals surface area contributed by atoms with Gasteiger partial charge in [-0.25, -0.2) is 9.18 Å². The Morgan fingerprint density at radius 2 is 2.11 bits per heavy atom. The first-order chi connectivity index (χ1) is 9.05. The van der Waals surface area contributed by atoms with Gasteiger partial charge in [0.15, 0.2) is 0 Å². The minimum absolute atomic E-state index is 0.344. The standard InChI is InChI=1S/C14H15BrFNO2/c1-9-12(16)11(15)7-10(13(9)19-2)14(17-8-18)5-3-4-6-14/h7H,3-6H2,1-2H3. The summed E-state index contributed by atoms with van der Waals surface area (Å²) in [6.07, 6.45) is 5.16. The number of methoxy groups -OCH3 is 1. The molecular weight excluding hydrogens is 313 g/mol. The van der Waals surface area contributed by atoms with E-state index in [1.807, 2.05) is 0 Å². The third kappa shape index (κ3) is 2.33. The molecule has 1 aromatic carbocycles. The number of hydrogen-bond donors (Lipinski definition) is 0. The van der Waals surface area contributed by atoms with Gasteiger partial charge in [-0.3, -0.25) is 0 Å². The first kappa shape index (κ1) is 14.2. The van der Waals surface area contributed by atoms with Gasteiger partial charge < -0.3 is 4.74 Å². The van der Waals surface area contributed by atoms with Crippen molar-refractivity contribution in [3.63, 3.8) is 0 Å². The molecule has 3 nitrogen and oxygen atoms in total. The molecule has 2 rings (SSSR count). The average Bonchev–Trinajstić information content (AvgIpc) is 2.86. The highest BCUT2D eigenvalue weighted by Gasteiger charge is 2.39. The molecule has 0 spiro atoms. The van der Waals surface area contributed by atoms with Crippen LogP contribution in [0.25, 0.3) is 0 Å². The lowest BCUT2D eigenvalue weighted by Crippen LogP contribution is -2.21. The van der Waals surface area contributed by atoms with Crippen molar-refractivity contribution in [1.82, 2.24) is 0 Å². The topological polar surface area (TPSA) is 38.7 Å². The van der Waals surface area contributed by atoms with Gasteiger partial charge in [-0.2, -0.15) is 4.99 Å². The Hall–Kier alpha value is -1.19. The van der Waals surface area contributed by atoms with Crippen molar-refractivity contribution in [1.29, 1.82) is 0 Å². The van der Waals surface area contributed by atoms with Crippen molar-refractivity contribution in [2.75, 3.05) is 7.11 Å². The predicted molar refractivity (Wildman–Crippen MR) is 73.7 cm³/mol. The summed E-state index contributed by atoms with van der Waals surface area (Å²) in [5.41, 5.74) is 0.578. The number of nitrogens with zero attached hydrogens (tertiary/aromatic N) is 1. The fraction of sp³-hybridized carbons (Fsp3) is 0.500. The van der Waals surface area contributed by atoms with Crippen LogP contribution < -0.4 is 4.74 Å². The van der Waals surface area contributed by atoms with Gasteiger partial charge in [-0.05, 0) is 41.8 Å². The summed E-state index contributed by atoms with van der Waals surface area (Å²) in [6.45, 7) is 1.66. The van der Waals surface area contributed by atoms with Crippen LogP contribution in [-0.2, 0) is 10.3 Å². The maximum Gasteiger partial charge on any atom is 0.235 e. The number of isocyanates is 1. The lowest BCUT2D eigenvalue weighted by atomic mass is 9.87. The lowest BCUT2D eigenvalue weighted by molar-refractivity contribution is 0.372. The Balaban J connectivity index is 2.70. The summed E-state index contributed by atoms with van der Waals surface area (Å²) in [4.78, 5) is 14.8. The summed E-state index contributed by atoms with van der Waals surface area (Å²) in [5, 5.41) is 0. The van der Waals surface area contributed by atoms with Crippen molar-refractivity contribution in [3.8, 4) is 5.75 Å². The molecule has 1 fully saturated rings. The van der Waals surface area contributed by atoms with Gasteiger partial charge >= 0.3 is 0 Å². The zero-order chi connectivity index (χ0) is 14.0. The highest BCUT2D eigenvalue weighted by molar-refractivity contribution is 9.10. The summed E-state index contributed by atoms with van der Waals surface area (Å²) >= 11 is 3.21. The number of benzene rings is 1. The van der Waals surface area contributed by atoms with E-state index in [2.05, 4.69) is 20.9 Å². The molecular formula is C14H15BrFNO2. The summed E-state index contributed by atoms with van der Waals surface area (Å²) in [6, 6.07) is 1.67. The fourth-order valence-electron chi connectivity index (χ4n) is 2.83. The summed E-state index contributed by atoms with van der Waals surface area (Å²) in [5.74, 6) is 0.130. The van der Waals surface area contributed by atoms with E-state index in [-0.39, 0.29) is 5.82 Å². The third-order valence-electron chi connectivity index (χ3n) is 3.79. The number of aliphatic imine (C=N–C) groups is 1. The van der Waals surface area contributed by atoms with Gasteiger partial charge in [0.1, 0.15) is 17.1 Å². The van der Waals surface area contributed by atoms with Gasteiger partial charge in [0, 0.05) is 11.1 Å². The van der Waals surface area contributed by atoms with E-state index in [0.29, 0.717) is 15.8 Å². The number of ether oxygens (including phenoxy) is 1. The number of carbonyl (C=O) groups excluding carboxylic acids is 1. The first-order valence-electron chi connectivity index (χ1n) is 6.18. The van der Waals surface area contributed by atoms with Crippen LogP contribution in [0.3, 0.4) is 0 Å². The van der Waals surface area contributed by atoms with Crippen molar-refractivity contribution in [2.24, 2.45) is 4.99 Å². The molecule has 0 N–H and O–H groups in total. The van der Waals surface area contributed by atoms with Crippen LogP contribution in [0.2, 0.25) is 0 Å². The highest BCUT2D eigenvalue weighted by Crippen LogP contribution is 2.48. The van der Waals surface area contributed by atoms with Crippen LogP contribution in [0.4, 0.5) is 4.39 Å². The third-order valence-corrected chi connectivity index (χ3v) is 4.37. The molecule has 0 unspecified atom stereocenters. The molecule has 0 aliphatic heterocycles. The molecule has 0 radical (unpaired) electrons. The summed E-state index contributed by atoms with van der Waals surface area (Å²) < 4.78 is 19.6. The molecule has 1 aliphatic rings. The Morgan fingerprint density at radius 3 is 2.63 bits per heavy atom. The zero-order valence-electron chi connectivity index (χ0n) is 10.9. The van der Waals surface area contributed by atoms with Crippen LogP contribution in [0.15, 0.2) is 15.5 Å². The predicted octanol–water partition coefficient (Wildman–Crippen LogP) is 4.01. The molecule has 1 aromatic rings. The number of rotatable bonds is 3. The molecule has 1 aliphatic carbocycles. The monoisotopic (exact) mass is 327 g/mol. The van der Waals surface area contributed by atoms with Crippen LogP contribution in [0.5, 0.6) is 5.75 Å². The van der Waals surface area contributed by atoms with Gasteiger partial charge in [0.2, 0.25) is 6.08 Å². The van der Waals surface area contributed by atoms with Crippen molar-refractivity contribution in [2.45, 2.75) is 38.1 Å². The normalized spacial score (nSPS) is 17.1. The maximum atomic E-state index is 13.9. The fourth-order valence-corrected chi connectivity index (χ4v) is 3.36. The van der Waals surface area contributed by atoms with E-state index in [0.717, 1.165) is 31.2 Å². The quantitative estimate of drug-likeness (QED) is 0.621. The molecule has 102 valence electrons. The van der Waals surface area contributed by atoms with Crippen molar-refractivity contribution in [3.05, 3.63) is 27.5 Å². The minimum atomic E-state index is -0.617. The van der Waals surface area contributed by atoms with Crippen molar-refractivity contribution >= 4 is 22.0 Å². The largest absolute Gasteiger partial charge is 0.496 e. The number of halogens is 2. The Kier molecular flexibility index (Phi) is 4.07. The van der Waals surface area contributed by atoms with Crippen LogP contribution >= 0.6 is 15.9 Å². The van der Waals surface area contributed by atoms with Crippen LogP contribution in [0.1, 0.15) is 36.8 Å². The molecule has 0 heterocycles. The van der Waals surface area contributed by atoms with Crippen molar-refractivity contribution < 1.29 is 13.9 Å². The maximum absolute atomic E-state index is 13.9. The van der Waals surface area contributed by atoms with Gasteiger partial charge in [-0.15, -0.1) is 0 Å². The van der Waals surface area contributed by atoms with E-state index in [4.69, 9.17) is 4.74 Å². The lowest BCUT2D eigenvalue weighted by Gasteiger charge is -2.26. The Bertz CT molecular complexity index is 547. The van der Waals surface area contributed by atoms with E-state index in [1.165, 1.54) is 7.11 Å². The van der Waals surface area contributed by atoms with E-state index in [1.54, 1.807) is 19.1 Å². The molecule has 0 aromatic heterocycles. The highest BCUT2D eigenvalue weighted by atomic mass is 79.9. The van der Waals surface area contributed by atoms with Gasteiger partial charge in [0.05, 0.1) is 11.6 Å². The molecule has 0 saturated heterocycles. The van der Waals surface area contributed by atoms with Gasteiger partial charge in [0.25, 0.3) is 0 Å². The second kappa shape index (κ2) is 5.43. The number of hydrogen-bond acceptors (Lipinski definition) is 3. The smallest absolute Gasteiger partial charge is 0.235 e. The minimum Gasteiger partial charge on any atom is -0.496 e. The molecule has 0 atom stereocenters. The van der Waals surface area contributed by atoms with E-state index >= 15 is 0 Å². The van der Waals surface area contributed by atoms with E-state index < -0.39 is 5.54 Å². The Labute approximate surface area is 120 Å². The van der Waals surface area contributed by atoms with Gasteiger partial charge in [-0.1, -0.05) is 12.8 Å². The molecule has 0 amide bonds. The molecule has 19 heavy (non-hydrogen) atoms. The second-order valence-corrected chi connectivity index (χ2v) is 5.67.